The molecule has 0 saturated heterocycles. The standard InChI is InChI=1S/C29H29N5O4S/c1-17-9-12-21(15-18(17)2)34(29(37)26-23(30)24(27(31)35)33-39-26)25(20-10-13-22(38-3)14-11-20)28(36)32-16-19-7-5-4-6-8-19/h4-15,25H,16,30H2,1-3H3,(H2,31,35)(H,32,36)/t25-/m1/s1. The topological polar surface area (TPSA) is 141 Å². The van der Waals surface area contributed by atoms with Crippen LogP contribution in [0.15, 0.2) is 72.8 Å². The smallest absolute Gasteiger partial charge is 0.273 e. The summed E-state index contributed by atoms with van der Waals surface area (Å²) in [6.45, 7) is 4.14. The van der Waals surface area contributed by atoms with E-state index >= 15 is 0 Å². The van der Waals surface area contributed by atoms with E-state index in [-0.39, 0.29) is 22.8 Å². The Morgan fingerprint density at radius 3 is 2.28 bits per heavy atom. The third-order valence-electron chi connectivity index (χ3n) is 6.39. The lowest BCUT2D eigenvalue weighted by Crippen LogP contribution is -2.44. The second-order valence-corrected chi connectivity index (χ2v) is 9.73. The molecular formula is C29H29N5O4S. The van der Waals surface area contributed by atoms with Crippen LogP contribution in [-0.2, 0) is 11.3 Å². The van der Waals surface area contributed by atoms with Gasteiger partial charge in [0.25, 0.3) is 11.8 Å². The highest BCUT2D eigenvalue weighted by Gasteiger charge is 2.36. The number of carbonyl (C=O) groups is 3. The van der Waals surface area contributed by atoms with Crippen molar-refractivity contribution in [2.45, 2.75) is 26.4 Å². The number of rotatable bonds is 9. The molecule has 0 saturated carbocycles. The first-order valence-corrected chi connectivity index (χ1v) is 12.9. The molecule has 5 N–H and O–H groups in total. The fourth-order valence-electron chi connectivity index (χ4n) is 4.08. The van der Waals surface area contributed by atoms with Crippen LogP contribution in [0, 0.1) is 13.8 Å². The second kappa shape index (κ2) is 11.8. The summed E-state index contributed by atoms with van der Waals surface area (Å²) < 4.78 is 9.30. The second-order valence-electron chi connectivity index (χ2n) is 8.96. The number of nitrogen functional groups attached to an aromatic ring is 1. The number of primary amides is 1. The molecule has 0 aliphatic rings. The zero-order valence-electron chi connectivity index (χ0n) is 21.8. The Morgan fingerprint density at radius 2 is 1.69 bits per heavy atom. The number of methoxy groups -OCH3 is 1. The largest absolute Gasteiger partial charge is 0.497 e. The molecule has 3 aromatic carbocycles. The number of amides is 3. The zero-order valence-corrected chi connectivity index (χ0v) is 22.6. The monoisotopic (exact) mass is 543 g/mol. The highest BCUT2D eigenvalue weighted by molar-refractivity contribution is 7.09. The number of nitrogens with zero attached hydrogens (tertiary/aromatic N) is 2. The van der Waals surface area contributed by atoms with Crippen molar-refractivity contribution in [1.82, 2.24) is 9.69 Å². The molecular weight excluding hydrogens is 514 g/mol. The van der Waals surface area contributed by atoms with E-state index < -0.39 is 23.8 Å². The molecule has 3 amide bonds. The first-order chi connectivity index (χ1) is 18.7. The fraction of sp³-hybridized carbons (Fsp3) is 0.172. The van der Waals surface area contributed by atoms with Crippen molar-refractivity contribution in [3.05, 3.63) is 106 Å². The molecule has 0 bridgehead atoms. The van der Waals surface area contributed by atoms with Gasteiger partial charge in [0.2, 0.25) is 5.91 Å². The summed E-state index contributed by atoms with van der Waals surface area (Å²) in [5.74, 6) is -1.23. The van der Waals surface area contributed by atoms with Crippen molar-refractivity contribution < 1.29 is 19.1 Å². The Balaban J connectivity index is 1.85. The van der Waals surface area contributed by atoms with Gasteiger partial charge < -0.3 is 21.5 Å². The minimum atomic E-state index is -1.09. The van der Waals surface area contributed by atoms with Crippen LogP contribution in [0.25, 0.3) is 0 Å². The van der Waals surface area contributed by atoms with Gasteiger partial charge in [0.15, 0.2) is 5.69 Å². The number of anilines is 2. The van der Waals surface area contributed by atoms with Crippen LogP contribution >= 0.6 is 11.5 Å². The summed E-state index contributed by atoms with van der Waals surface area (Å²) in [4.78, 5) is 41.3. The zero-order chi connectivity index (χ0) is 28.1. The van der Waals surface area contributed by atoms with E-state index in [0.717, 1.165) is 28.2 Å². The summed E-state index contributed by atoms with van der Waals surface area (Å²) in [6.07, 6.45) is 0. The lowest BCUT2D eigenvalue weighted by molar-refractivity contribution is -0.122. The molecule has 1 atom stereocenters. The average Bonchev–Trinajstić information content (AvgIpc) is 3.34. The number of hydrogen-bond donors (Lipinski definition) is 3. The quantitative estimate of drug-likeness (QED) is 0.290. The fourth-order valence-corrected chi connectivity index (χ4v) is 4.83. The number of hydrogen-bond acceptors (Lipinski definition) is 7. The van der Waals surface area contributed by atoms with Crippen LogP contribution in [0.1, 0.15) is 48.5 Å². The summed E-state index contributed by atoms with van der Waals surface area (Å²) in [7, 11) is 1.55. The highest BCUT2D eigenvalue weighted by atomic mass is 32.1. The van der Waals surface area contributed by atoms with E-state index in [1.54, 1.807) is 37.4 Å². The third-order valence-corrected chi connectivity index (χ3v) is 7.24. The van der Waals surface area contributed by atoms with Gasteiger partial charge in [-0.05, 0) is 71.9 Å². The molecule has 0 radical (unpaired) electrons. The normalized spacial score (nSPS) is 11.5. The van der Waals surface area contributed by atoms with Crippen LogP contribution in [-0.4, -0.2) is 29.2 Å². The van der Waals surface area contributed by atoms with E-state index in [9.17, 15) is 14.4 Å². The number of nitrogens with one attached hydrogen (secondary N) is 1. The Hall–Kier alpha value is -4.70. The van der Waals surface area contributed by atoms with Gasteiger partial charge in [0, 0.05) is 12.2 Å². The molecule has 4 rings (SSSR count). The van der Waals surface area contributed by atoms with Gasteiger partial charge in [-0.2, -0.15) is 4.37 Å². The molecule has 0 aliphatic carbocycles. The maximum atomic E-state index is 14.2. The van der Waals surface area contributed by atoms with Crippen LogP contribution in [0.5, 0.6) is 5.75 Å². The van der Waals surface area contributed by atoms with Gasteiger partial charge in [-0.25, -0.2) is 0 Å². The summed E-state index contributed by atoms with van der Waals surface area (Å²) in [5.41, 5.74) is 15.1. The molecule has 0 unspecified atom stereocenters. The Kier molecular flexibility index (Phi) is 8.26. The SMILES string of the molecule is COc1ccc([C@H](C(=O)NCc2ccccc2)N(C(=O)c2snc(C(N)=O)c2N)c2ccc(C)c(C)c2)cc1. The highest BCUT2D eigenvalue weighted by Crippen LogP contribution is 2.34. The molecule has 0 fully saturated rings. The minimum Gasteiger partial charge on any atom is -0.497 e. The Bertz CT molecular complexity index is 1500. The molecule has 200 valence electrons. The lowest BCUT2D eigenvalue weighted by Gasteiger charge is -2.32. The maximum absolute atomic E-state index is 14.2. The molecule has 10 heteroatoms. The number of benzene rings is 3. The third kappa shape index (κ3) is 5.91. The predicted octanol–water partition coefficient (Wildman–Crippen LogP) is 4.15. The summed E-state index contributed by atoms with van der Waals surface area (Å²) >= 11 is 0.765. The van der Waals surface area contributed by atoms with Crippen LogP contribution in [0.3, 0.4) is 0 Å². The van der Waals surface area contributed by atoms with Gasteiger partial charge >= 0.3 is 0 Å². The van der Waals surface area contributed by atoms with Crippen molar-refractivity contribution in [1.29, 1.82) is 0 Å². The number of ether oxygens (including phenoxy) is 1. The van der Waals surface area contributed by atoms with Crippen LogP contribution in [0.2, 0.25) is 0 Å². The van der Waals surface area contributed by atoms with Crippen molar-refractivity contribution in [2.75, 3.05) is 17.7 Å². The number of carbonyl (C=O) groups excluding carboxylic acids is 3. The van der Waals surface area contributed by atoms with Gasteiger partial charge in [-0.1, -0.05) is 48.5 Å². The first-order valence-electron chi connectivity index (χ1n) is 12.1. The molecule has 4 aromatic rings. The molecule has 0 spiro atoms. The van der Waals surface area contributed by atoms with Crippen molar-refractivity contribution in [3.63, 3.8) is 0 Å². The average molecular weight is 544 g/mol. The molecule has 1 aromatic heterocycles. The van der Waals surface area contributed by atoms with Crippen LogP contribution in [0.4, 0.5) is 11.4 Å². The van der Waals surface area contributed by atoms with Crippen molar-refractivity contribution >= 4 is 40.6 Å². The number of nitrogens with two attached hydrogens (primary N) is 2. The van der Waals surface area contributed by atoms with Gasteiger partial charge in [-0.15, -0.1) is 0 Å². The number of aromatic nitrogens is 1. The van der Waals surface area contributed by atoms with E-state index in [1.807, 2.05) is 56.3 Å². The lowest BCUT2D eigenvalue weighted by atomic mass is 10.0. The van der Waals surface area contributed by atoms with Crippen LogP contribution < -0.4 is 26.4 Å². The van der Waals surface area contributed by atoms with Gasteiger partial charge in [0.05, 0.1) is 12.8 Å². The first kappa shape index (κ1) is 27.3. The number of aryl methyl sites for hydroxylation is 2. The molecule has 1 heterocycles. The minimum absolute atomic E-state index is 0.0106. The Labute approximate surface area is 230 Å². The van der Waals surface area contributed by atoms with E-state index in [4.69, 9.17) is 16.2 Å². The predicted molar refractivity (Wildman–Crippen MR) is 152 cm³/mol. The maximum Gasteiger partial charge on any atom is 0.273 e. The molecule has 0 aliphatic heterocycles. The van der Waals surface area contributed by atoms with E-state index in [0.29, 0.717) is 17.0 Å². The van der Waals surface area contributed by atoms with E-state index in [1.165, 1.54) is 4.90 Å². The van der Waals surface area contributed by atoms with Crippen molar-refractivity contribution in [2.24, 2.45) is 5.73 Å². The summed E-state index contributed by atoms with van der Waals surface area (Å²) in [6, 6.07) is 20.8. The summed E-state index contributed by atoms with van der Waals surface area (Å²) in [5, 5.41) is 2.97. The molecule has 39 heavy (non-hydrogen) atoms. The van der Waals surface area contributed by atoms with Gasteiger partial charge in [-0.3, -0.25) is 19.3 Å². The van der Waals surface area contributed by atoms with Crippen molar-refractivity contribution in [3.8, 4) is 5.75 Å². The Morgan fingerprint density at radius 1 is 1.00 bits per heavy atom. The van der Waals surface area contributed by atoms with E-state index in [2.05, 4.69) is 9.69 Å². The molecule has 9 nitrogen and oxygen atoms in total. The van der Waals surface area contributed by atoms with Gasteiger partial charge in [0.1, 0.15) is 16.7 Å².